The maximum absolute atomic E-state index is 5.61. The Morgan fingerprint density at radius 3 is 3.00 bits per heavy atom. The zero-order valence-corrected chi connectivity index (χ0v) is 9.81. The second-order valence-corrected chi connectivity index (χ2v) is 4.26. The van der Waals surface area contributed by atoms with Crippen LogP contribution in [0.15, 0.2) is 41.3 Å². The molecule has 0 atom stereocenters. The highest BCUT2D eigenvalue weighted by Gasteiger charge is 2.00. The van der Waals surface area contributed by atoms with Gasteiger partial charge in [-0.1, -0.05) is 28.1 Å². The van der Waals surface area contributed by atoms with Crippen LogP contribution in [0.1, 0.15) is 11.3 Å². The number of aromatic nitrogens is 2. The molecular weight excluding hydrogens is 254 g/mol. The van der Waals surface area contributed by atoms with Crippen molar-refractivity contribution in [3.63, 3.8) is 0 Å². The second kappa shape index (κ2) is 4.59. The highest BCUT2D eigenvalue weighted by atomic mass is 79.9. The van der Waals surface area contributed by atoms with Gasteiger partial charge in [-0.3, -0.25) is 0 Å². The van der Waals surface area contributed by atoms with Crippen LogP contribution in [0.2, 0.25) is 0 Å². The van der Waals surface area contributed by atoms with Gasteiger partial charge in [-0.25, -0.2) is 4.98 Å². The van der Waals surface area contributed by atoms with E-state index < -0.39 is 0 Å². The second-order valence-electron chi connectivity index (χ2n) is 3.35. The van der Waals surface area contributed by atoms with Gasteiger partial charge < -0.3 is 10.3 Å². The van der Waals surface area contributed by atoms with Crippen LogP contribution in [-0.2, 0) is 13.1 Å². The fraction of sp³-hybridized carbons (Fsp3) is 0.182. The van der Waals surface area contributed by atoms with Crippen LogP contribution in [-0.4, -0.2) is 9.55 Å². The number of benzene rings is 1. The van der Waals surface area contributed by atoms with Crippen molar-refractivity contribution in [1.82, 2.24) is 9.55 Å². The number of nitrogens with two attached hydrogens (primary N) is 1. The largest absolute Gasteiger partial charge is 0.329 e. The molecule has 2 N–H and O–H groups in total. The van der Waals surface area contributed by atoms with Crippen LogP contribution >= 0.6 is 15.9 Å². The molecule has 0 amide bonds. The van der Waals surface area contributed by atoms with Crippen LogP contribution in [0, 0.1) is 0 Å². The van der Waals surface area contributed by atoms with Gasteiger partial charge in [-0.2, -0.15) is 0 Å². The molecule has 1 heterocycles. The van der Waals surface area contributed by atoms with E-state index in [0.29, 0.717) is 6.54 Å². The fourth-order valence-corrected chi connectivity index (χ4v) is 1.94. The Morgan fingerprint density at radius 1 is 1.40 bits per heavy atom. The molecular formula is C11H12BrN3. The van der Waals surface area contributed by atoms with E-state index in [0.717, 1.165) is 16.7 Å². The monoisotopic (exact) mass is 265 g/mol. The van der Waals surface area contributed by atoms with Gasteiger partial charge in [0.25, 0.3) is 0 Å². The molecule has 1 aromatic heterocycles. The summed E-state index contributed by atoms with van der Waals surface area (Å²) in [6.45, 7) is 1.33. The molecule has 4 heteroatoms. The highest BCUT2D eigenvalue weighted by Crippen LogP contribution is 2.13. The quantitative estimate of drug-likeness (QED) is 0.925. The smallest absolute Gasteiger partial charge is 0.0951 e. The molecule has 0 aliphatic carbocycles. The van der Waals surface area contributed by atoms with Crippen LogP contribution in [0.5, 0.6) is 0 Å². The summed E-state index contributed by atoms with van der Waals surface area (Å²) >= 11 is 3.45. The highest BCUT2D eigenvalue weighted by molar-refractivity contribution is 9.10. The maximum Gasteiger partial charge on any atom is 0.0951 e. The maximum atomic E-state index is 5.61. The van der Waals surface area contributed by atoms with E-state index in [2.05, 4.69) is 37.6 Å². The number of nitrogens with zero attached hydrogens (tertiary/aromatic N) is 2. The molecule has 15 heavy (non-hydrogen) atoms. The van der Waals surface area contributed by atoms with Gasteiger partial charge >= 0.3 is 0 Å². The lowest BCUT2D eigenvalue weighted by Crippen LogP contribution is -2.07. The van der Waals surface area contributed by atoms with E-state index >= 15 is 0 Å². The van der Waals surface area contributed by atoms with Gasteiger partial charge in [0.05, 0.1) is 12.0 Å². The summed E-state index contributed by atoms with van der Waals surface area (Å²) in [5.74, 6) is 0. The number of rotatable bonds is 3. The SMILES string of the molecule is NCc1cncn1Cc1cccc(Br)c1. The summed E-state index contributed by atoms with van der Waals surface area (Å²) in [6.07, 6.45) is 3.61. The summed E-state index contributed by atoms with van der Waals surface area (Å²) in [4.78, 5) is 4.08. The topological polar surface area (TPSA) is 43.8 Å². The molecule has 0 spiro atoms. The molecule has 0 saturated heterocycles. The summed E-state index contributed by atoms with van der Waals surface area (Å²) in [5, 5.41) is 0. The Kier molecular flexibility index (Phi) is 3.18. The first-order chi connectivity index (χ1) is 7.29. The van der Waals surface area contributed by atoms with E-state index in [1.165, 1.54) is 5.56 Å². The Morgan fingerprint density at radius 2 is 2.27 bits per heavy atom. The standard InChI is InChI=1S/C11H12BrN3/c12-10-3-1-2-9(4-10)7-15-8-14-6-11(15)5-13/h1-4,6,8H,5,7,13H2. The van der Waals surface area contributed by atoms with E-state index in [-0.39, 0.29) is 0 Å². The van der Waals surface area contributed by atoms with Gasteiger partial charge in [0, 0.05) is 23.8 Å². The lowest BCUT2D eigenvalue weighted by Gasteiger charge is -2.06. The third kappa shape index (κ3) is 2.46. The lowest BCUT2D eigenvalue weighted by atomic mass is 10.2. The summed E-state index contributed by atoms with van der Waals surface area (Å²) in [5.41, 5.74) is 7.89. The van der Waals surface area contributed by atoms with E-state index in [4.69, 9.17) is 5.73 Å². The molecule has 2 rings (SSSR count). The first-order valence-electron chi connectivity index (χ1n) is 4.73. The van der Waals surface area contributed by atoms with Crippen molar-refractivity contribution in [3.05, 3.63) is 52.5 Å². The van der Waals surface area contributed by atoms with Gasteiger partial charge in [-0.15, -0.1) is 0 Å². The van der Waals surface area contributed by atoms with Gasteiger partial charge in [0.2, 0.25) is 0 Å². The molecule has 0 fully saturated rings. The minimum absolute atomic E-state index is 0.522. The van der Waals surface area contributed by atoms with Crippen LogP contribution < -0.4 is 5.73 Å². The molecule has 0 radical (unpaired) electrons. The fourth-order valence-electron chi connectivity index (χ4n) is 1.49. The summed E-state index contributed by atoms with van der Waals surface area (Å²) in [7, 11) is 0. The Hall–Kier alpha value is -1.13. The van der Waals surface area contributed by atoms with Crippen molar-refractivity contribution >= 4 is 15.9 Å². The molecule has 3 nitrogen and oxygen atoms in total. The predicted octanol–water partition coefficient (Wildman–Crippen LogP) is 2.15. The van der Waals surface area contributed by atoms with Crippen molar-refractivity contribution in [2.75, 3.05) is 0 Å². The molecule has 1 aromatic carbocycles. The third-order valence-corrected chi connectivity index (χ3v) is 2.74. The minimum Gasteiger partial charge on any atom is -0.329 e. The number of imidazole rings is 1. The van der Waals surface area contributed by atoms with E-state index in [1.807, 2.05) is 18.5 Å². The molecule has 2 aromatic rings. The van der Waals surface area contributed by atoms with Gasteiger partial charge in [-0.05, 0) is 17.7 Å². The average Bonchev–Trinajstić information content (AvgIpc) is 2.65. The molecule has 0 aliphatic rings. The van der Waals surface area contributed by atoms with Crippen molar-refractivity contribution in [3.8, 4) is 0 Å². The van der Waals surface area contributed by atoms with Crippen LogP contribution in [0.25, 0.3) is 0 Å². The first kappa shape index (κ1) is 10.4. The number of hydrogen-bond donors (Lipinski definition) is 1. The molecule has 0 saturated carbocycles. The minimum atomic E-state index is 0.522. The van der Waals surface area contributed by atoms with Crippen molar-refractivity contribution in [1.29, 1.82) is 0 Å². The van der Waals surface area contributed by atoms with Crippen LogP contribution in [0.4, 0.5) is 0 Å². The summed E-state index contributed by atoms with van der Waals surface area (Å²) in [6, 6.07) is 8.23. The first-order valence-corrected chi connectivity index (χ1v) is 5.52. The van der Waals surface area contributed by atoms with Crippen molar-refractivity contribution in [2.45, 2.75) is 13.1 Å². The lowest BCUT2D eigenvalue weighted by molar-refractivity contribution is 0.740. The normalized spacial score (nSPS) is 10.5. The Labute approximate surface area is 97.1 Å². The number of hydrogen-bond acceptors (Lipinski definition) is 2. The molecule has 0 aliphatic heterocycles. The average molecular weight is 266 g/mol. The zero-order chi connectivity index (χ0) is 10.7. The molecule has 0 bridgehead atoms. The predicted molar refractivity (Wildman–Crippen MR) is 63.4 cm³/mol. The Balaban J connectivity index is 2.22. The summed E-state index contributed by atoms with van der Waals surface area (Å²) < 4.78 is 3.15. The molecule has 0 unspecified atom stereocenters. The van der Waals surface area contributed by atoms with Gasteiger partial charge in [0.1, 0.15) is 0 Å². The van der Waals surface area contributed by atoms with E-state index in [1.54, 1.807) is 6.20 Å². The van der Waals surface area contributed by atoms with Crippen LogP contribution in [0.3, 0.4) is 0 Å². The van der Waals surface area contributed by atoms with Crippen molar-refractivity contribution < 1.29 is 0 Å². The number of halogens is 1. The van der Waals surface area contributed by atoms with E-state index in [9.17, 15) is 0 Å². The molecule has 78 valence electrons. The van der Waals surface area contributed by atoms with Crippen molar-refractivity contribution in [2.24, 2.45) is 5.73 Å². The Bertz CT molecular complexity index is 451. The third-order valence-electron chi connectivity index (χ3n) is 2.25. The van der Waals surface area contributed by atoms with Gasteiger partial charge in [0.15, 0.2) is 0 Å². The zero-order valence-electron chi connectivity index (χ0n) is 8.23.